The van der Waals surface area contributed by atoms with Crippen LogP contribution >= 0.6 is 0 Å². The van der Waals surface area contributed by atoms with Crippen LogP contribution in [0.15, 0.2) is 65.5 Å². The number of rotatable bonds is 5. The molecule has 0 saturated heterocycles. The normalized spacial score (nSPS) is 11.9. The fraction of sp³-hybridized carbons (Fsp3) is 0.158. The number of fused-ring (bicyclic) bond motifs is 1. The Hall–Kier alpha value is -3.08. The van der Waals surface area contributed by atoms with E-state index in [0.29, 0.717) is 11.3 Å². The molecule has 0 saturated carbocycles. The van der Waals surface area contributed by atoms with Gasteiger partial charge in [0.1, 0.15) is 5.75 Å². The average molecular weight is 322 g/mol. The molecule has 0 bridgehead atoms. The van der Waals surface area contributed by atoms with Gasteiger partial charge in [0, 0.05) is 11.5 Å². The molecule has 2 aromatic carbocycles. The van der Waals surface area contributed by atoms with Crippen LogP contribution in [0.2, 0.25) is 0 Å². The summed E-state index contributed by atoms with van der Waals surface area (Å²) in [6.07, 6.45) is 0. The Bertz CT molecular complexity index is 903. The lowest BCUT2D eigenvalue weighted by Crippen LogP contribution is -2.31. The van der Waals surface area contributed by atoms with Gasteiger partial charge in [0.15, 0.2) is 6.61 Å². The minimum atomic E-state index is -0.221. The molecular weight excluding hydrogens is 304 g/mol. The number of hydrogen-bond donors (Lipinski definition) is 2. The van der Waals surface area contributed by atoms with Crippen LogP contribution in [0.1, 0.15) is 18.5 Å². The first-order valence-corrected chi connectivity index (χ1v) is 7.72. The maximum absolute atomic E-state index is 12.1. The molecular formula is C19H18N2O3. The van der Waals surface area contributed by atoms with E-state index in [1.807, 2.05) is 49.4 Å². The number of amides is 1. The first kappa shape index (κ1) is 15.8. The van der Waals surface area contributed by atoms with Gasteiger partial charge in [-0.2, -0.15) is 0 Å². The number of ether oxygens (including phenoxy) is 1. The van der Waals surface area contributed by atoms with Crippen molar-refractivity contribution in [3.63, 3.8) is 0 Å². The van der Waals surface area contributed by atoms with Crippen LogP contribution in [0.5, 0.6) is 5.75 Å². The molecule has 1 amide bonds. The Morgan fingerprint density at radius 3 is 2.67 bits per heavy atom. The largest absolute Gasteiger partial charge is 0.482 e. The standard InChI is InChI=1S/C19H18N2O3/c1-13(14-6-3-2-4-7-14)20-18(23)12-24-16-9-5-8-15-10-11-17(22)21-19(15)16/h2-11,13H,12H2,1H3,(H,20,23)(H,21,22). The molecule has 24 heavy (non-hydrogen) atoms. The molecule has 1 heterocycles. The van der Waals surface area contributed by atoms with Gasteiger partial charge in [-0.25, -0.2) is 0 Å². The zero-order chi connectivity index (χ0) is 16.9. The summed E-state index contributed by atoms with van der Waals surface area (Å²) in [5.74, 6) is 0.259. The maximum atomic E-state index is 12.1. The number of para-hydroxylation sites is 1. The van der Waals surface area contributed by atoms with Crippen molar-refractivity contribution in [3.05, 3.63) is 76.6 Å². The zero-order valence-electron chi connectivity index (χ0n) is 13.3. The third-order valence-electron chi connectivity index (χ3n) is 3.76. The van der Waals surface area contributed by atoms with Crippen LogP contribution < -0.4 is 15.6 Å². The van der Waals surface area contributed by atoms with Crippen molar-refractivity contribution >= 4 is 16.8 Å². The molecule has 0 aliphatic rings. The molecule has 1 atom stereocenters. The Morgan fingerprint density at radius 1 is 1.08 bits per heavy atom. The number of carbonyl (C=O) groups excluding carboxylic acids is 1. The SMILES string of the molecule is CC(NC(=O)COc1cccc2ccc(=O)[nH]c12)c1ccccc1. The smallest absolute Gasteiger partial charge is 0.258 e. The third kappa shape index (κ3) is 3.63. The van der Waals surface area contributed by atoms with Crippen molar-refractivity contribution < 1.29 is 9.53 Å². The second kappa shape index (κ2) is 7.00. The number of nitrogens with one attached hydrogen (secondary N) is 2. The average Bonchev–Trinajstić information content (AvgIpc) is 2.60. The summed E-state index contributed by atoms with van der Waals surface area (Å²) in [4.78, 5) is 26.3. The Morgan fingerprint density at radius 2 is 1.88 bits per heavy atom. The van der Waals surface area contributed by atoms with Crippen LogP contribution in [0.3, 0.4) is 0 Å². The van der Waals surface area contributed by atoms with Crippen LogP contribution in [-0.4, -0.2) is 17.5 Å². The molecule has 2 N–H and O–H groups in total. The summed E-state index contributed by atoms with van der Waals surface area (Å²) in [7, 11) is 0. The quantitative estimate of drug-likeness (QED) is 0.759. The van der Waals surface area contributed by atoms with Crippen LogP contribution in [0.25, 0.3) is 10.9 Å². The summed E-state index contributed by atoms with van der Waals surface area (Å²) in [5, 5.41) is 3.74. The van der Waals surface area contributed by atoms with Crippen molar-refractivity contribution in [2.45, 2.75) is 13.0 Å². The molecule has 3 rings (SSSR count). The van der Waals surface area contributed by atoms with Gasteiger partial charge in [-0.3, -0.25) is 9.59 Å². The fourth-order valence-electron chi connectivity index (χ4n) is 2.52. The van der Waals surface area contributed by atoms with Gasteiger partial charge in [0.05, 0.1) is 11.6 Å². The fourth-order valence-corrected chi connectivity index (χ4v) is 2.52. The Balaban J connectivity index is 1.66. The monoisotopic (exact) mass is 322 g/mol. The van der Waals surface area contributed by atoms with Gasteiger partial charge >= 0.3 is 0 Å². The Labute approximate surface area is 139 Å². The molecule has 0 spiro atoms. The lowest BCUT2D eigenvalue weighted by molar-refractivity contribution is -0.123. The van der Waals surface area contributed by atoms with Crippen molar-refractivity contribution in [2.24, 2.45) is 0 Å². The number of carbonyl (C=O) groups is 1. The topological polar surface area (TPSA) is 71.2 Å². The molecule has 0 radical (unpaired) electrons. The zero-order valence-corrected chi connectivity index (χ0v) is 13.3. The lowest BCUT2D eigenvalue weighted by Gasteiger charge is -2.15. The van der Waals surface area contributed by atoms with E-state index in [2.05, 4.69) is 10.3 Å². The first-order valence-electron chi connectivity index (χ1n) is 7.72. The number of pyridine rings is 1. The van der Waals surface area contributed by atoms with E-state index in [-0.39, 0.29) is 24.1 Å². The van der Waals surface area contributed by atoms with Crippen molar-refractivity contribution in [2.75, 3.05) is 6.61 Å². The van der Waals surface area contributed by atoms with Crippen LogP contribution in [0.4, 0.5) is 0 Å². The highest BCUT2D eigenvalue weighted by molar-refractivity contribution is 5.85. The predicted molar refractivity (Wildman–Crippen MR) is 93.1 cm³/mol. The van der Waals surface area contributed by atoms with Gasteiger partial charge in [0.25, 0.3) is 5.91 Å². The molecule has 0 aliphatic carbocycles. The van der Waals surface area contributed by atoms with Crippen molar-refractivity contribution in [1.29, 1.82) is 0 Å². The lowest BCUT2D eigenvalue weighted by atomic mass is 10.1. The molecule has 3 aromatic rings. The summed E-state index contributed by atoms with van der Waals surface area (Å²) in [6.45, 7) is 1.80. The van der Waals surface area contributed by atoms with Crippen LogP contribution in [-0.2, 0) is 4.79 Å². The molecule has 0 fully saturated rings. The van der Waals surface area contributed by atoms with E-state index in [1.165, 1.54) is 6.07 Å². The second-order valence-electron chi connectivity index (χ2n) is 5.53. The van der Waals surface area contributed by atoms with E-state index in [1.54, 1.807) is 12.1 Å². The number of benzene rings is 2. The van der Waals surface area contributed by atoms with E-state index >= 15 is 0 Å². The molecule has 5 heteroatoms. The minimum absolute atomic E-state index is 0.102. The summed E-state index contributed by atoms with van der Waals surface area (Å²) in [5.41, 5.74) is 1.41. The van der Waals surface area contributed by atoms with Crippen molar-refractivity contribution in [1.82, 2.24) is 10.3 Å². The predicted octanol–water partition coefficient (Wildman–Crippen LogP) is 2.78. The minimum Gasteiger partial charge on any atom is -0.482 e. The highest BCUT2D eigenvalue weighted by Gasteiger charge is 2.11. The van der Waals surface area contributed by atoms with Crippen LogP contribution in [0, 0.1) is 0 Å². The van der Waals surface area contributed by atoms with E-state index in [9.17, 15) is 9.59 Å². The van der Waals surface area contributed by atoms with Gasteiger partial charge in [-0.1, -0.05) is 42.5 Å². The third-order valence-corrected chi connectivity index (χ3v) is 3.76. The second-order valence-corrected chi connectivity index (χ2v) is 5.53. The highest BCUT2D eigenvalue weighted by Crippen LogP contribution is 2.22. The Kier molecular flexibility index (Phi) is 4.61. The number of aromatic amines is 1. The van der Waals surface area contributed by atoms with E-state index in [4.69, 9.17) is 4.74 Å². The first-order chi connectivity index (χ1) is 11.6. The van der Waals surface area contributed by atoms with Gasteiger partial charge in [0.2, 0.25) is 5.56 Å². The summed E-state index contributed by atoms with van der Waals surface area (Å²) >= 11 is 0. The molecule has 5 nitrogen and oxygen atoms in total. The number of H-pyrrole nitrogens is 1. The summed E-state index contributed by atoms with van der Waals surface area (Å²) < 4.78 is 5.59. The van der Waals surface area contributed by atoms with E-state index in [0.717, 1.165) is 10.9 Å². The number of aromatic nitrogens is 1. The summed E-state index contributed by atoms with van der Waals surface area (Å²) in [6, 6.07) is 18.2. The molecule has 1 unspecified atom stereocenters. The highest BCUT2D eigenvalue weighted by atomic mass is 16.5. The van der Waals surface area contributed by atoms with Gasteiger partial charge < -0.3 is 15.0 Å². The van der Waals surface area contributed by atoms with Crippen molar-refractivity contribution in [3.8, 4) is 5.75 Å². The van der Waals surface area contributed by atoms with Gasteiger partial charge in [-0.05, 0) is 24.6 Å². The molecule has 0 aliphatic heterocycles. The molecule has 1 aromatic heterocycles. The molecule has 122 valence electrons. The maximum Gasteiger partial charge on any atom is 0.258 e. The van der Waals surface area contributed by atoms with Gasteiger partial charge in [-0.15, -0.1) is 0 Å². The number of hydrogen-bond acceptors (Lipinski definition) is 3. The van der Waals surface area contributed by atoms with E-state index < -0.39 is 0 Å².